The average molecular weight is 193 g/mol. The normalized spacial score (nSPS) is 17.6. The van der Waals surface area contributed by atoms with Gasteiger partial charge in [-0.2, -0.15) is 4.98 Å². The van der Waals surface area contributed by atoms with Gasteiger partial charge in [0.1, 0.15) is 0 Å². The fourth-order valence-corrected chi connectivity index (χ4v) is 1.22. The van der Waals surface area contributed by atoms with E-state index < -0.39 is 0 Å². The van der Waals surface area contributed by atoms with Crippen LogP contribution in [0.4, 0.5) is 5.95 Å². The van der Waals surface area contributed by atoms with E-state index in [4.69, 9.17) is 4.74 Å². The van der Waals surface area contributed by atoms with Crippen molar-refractivity contribution in [2.45, 2.75) is 19.8 Å². The molecule has 0 radical (unpaired) electrons. The van der Waals surface area contributed by atoms with Gasteiger partial charge in [-0.25, -0.2) is 4.98 Å². The van der Waals surface area contributed by atoms with Crippen LogP contribution >= 0.6 is 0 Å². The molecule has 0 saturated heterocycles. The van der Waals surface area contributed by atoms with E-state index in [2.05, 4.69) is 22.2 Å². The highest BCUT2D eigenvalue weighted by molar-refractivity contribution is 5.28. The van der Waals surface area contributed by atoms with Crippen LogP contribution in [-0.4, -0.2) is 23.6 Å². The minimum Gasteiger partial charge on any atom is -0.481 e. The number of nitrogens with one attached hydrogen (secondary N) is 1. The van der Waals surface area contributed by atoms with Gasteiger partial charge in [0, 0.05) is 18.8 Å². The monoisotopic (exact) mass is 193 g/mol. The van der Waals surface area contributed by atoms with Crippen molar-refractivity contribution in [2.24, 2.45) is 5.41 Å². The number of hydrogen-bond donors (Lipinski definition) is 1. The topological polar surface area (TPSA) is 47.0 Å². The largest absolute Gasteiger partial charge is 0.481 e. The molecule has 0 bridgehead atoms. The number of rotatable bonds is 4. The quantitative estimate of drug-likeness (QED) is 0.790. The van der Waals surface area contributed by atoms with Gasteiger partial charge in [0.15, 0.2) is 0 Å². The first-order chi connectivity index (χ1) is 6.72. The SMILES string of the molecule is COc1ccnc(NCC2(C)CC2)n1. The van der Waals surface area contributed by atoms with Crippen molar-refractivity contribution in [3.63, 3.8) is 0 Å². The lowest BCUT2D eigenvalue weighted by atomic mass is 10.1. The average Bonchev–Trinajstić information content (AvgIpc) is 2.95. The van der Waals surface area contributed by atoms with E-state index in [-0.39, 0.29) is 0 Å². The number of methoxy groups -OCH3 is 1. The van der Waals surface area contributed by atoms with Crippen molar-refractivity contribution in [2.75, 3.05) is 19.0 Å². The van der Waals surface area contributed by atoms with Crippen molar-refractivity contribution in [1.82, 2.24) is 9.97 Å². The third-order valence-corrected chi connectivity index (χ3v) is 2.62. The van der Waals surface area contributed by atoms with Crippen molar-refractivity contribution < 1.29 is 4.74 Å². The van der Waals surface area contributed by atoms with E-state index in [9.17, 15) is 0 Å². The number of aromatic nitrogens is 2. The van der Waals surface area contributed by atoms with Crippen molar-refractivity contribution in [3.8, 4) is 5.88 Å². The molecule has 0 aromatic carbocycles. The second kappa shape index (κ2) is 3.44. The molecule has 0 atom stereocenters. The zero-order chi connectivity index (χ0) is 10.0. The van der Waals surface area contributed by atoms with Crippen molar-refractivity contribution in [3.05, 3.63) is 12.3 Å². The fourth-order valence-electron chi connectivity index (χ4n) is 1.22. The molecule has 1 aromatic rings. The molecule has 1 heterocycles. The second-order valence-electron chi connectivity index (χ2n) is 4.09. The first-order valence-electron chi connectivity index (χ1n) is 4.83. The Balaban J connectivity index is 1.94. The lowest BCUT2D eigenvalue weighted by Gasteiger charge is -2.09. The molecule has 1 saturated carbocycles. The molecule has 0 spiro atoms. The Morgan fingerprint density at radius 3 is 3.00 bits per heavy atom. The molecule has 76 valence electrons. The molecule has 1 aromatic heterocycles. The molecule has 1 fully saturated rings. The minimum atomic E-state index is 0.465. The Hall–Kier alpha value is -1.32. The maximum absolute atomic E-state index is 5.01. The molecule has 2 rings (SSSR count). The molecule has 4 heteroatoms. The summed E-state index contributed by atoms with van der Waals surface area (Å²) in [5, 5.41) is 3.22. The highest BCUT2D eigenvalue weighted by Gasteiger charge is 2.36. The minimum absolute atomic E-state index is 0.465. The van der Waals surface area contributed by atoms with E-state index in [0.717, 1.165) is 6.54 Å². The maximum Gasteiger partial charge on any atom is 0.225 e. The Morgan fingerprint density at radius 2 is 2.36 bits per heavy atom. The number of ether oxygens (including phenoxy) is 1. The first-order valence-corrected chi connectivity index (χ1v) is 4.83. The molecule has 0 aliphatic heterocycles. The highest BCUT2D eigenvalue weighted by Crippen LogP contribution is 2.44. The smallest absolute Gasteiger partial charge is 0.225 e. The van der Waals surface area contributed by atoms with Crippen LogP contribution < -0.4 is 10.1 Å². The van der Waals surface area contributed by atoms with Gasteiger partial charge in [-0.1, -0.05) is 6.92 Å². The van der Waals surface area contributed by atoms with Gasteiger partial charge in [-0.15, -0.1) is 0 Å². The third-order valence-electron chi connectivity index (χ3n) is 2.62. The summed E-state index contributed by atoms with van der Waals surface area (Å²) < 4.78 is 5.01. The molecule has 0 amide bonds. The summed E-state index contributed by atoms with van der Waals surface area (Å²) in [6.45, 7) is 3.21. The van der Waals surface area contributed by atoms with Crippen LogP contribution in [0.2, 0.25) is 0 Å². The van der Waals surface area contributed by atoms with Crippen LogP contribution in [0.15, 0.2) is 12.3 Å². The van der Waals surface area contributed by atoms with E-state index in [1.807, 2.05) is 0 Å². The molecular weight excluding hydrogens is 178 g/mol. The number of anilines is 1. The highest BCUT2D eigenvalue weighted by atomic mass is 16.5. The second-order valence-corrected chi connectivity index (χ2v) is 4.09. The molecule has 1 aliphatic carbocycles. The van der Waals surface area contributed by atoms with Gasteiger partial charge in [0.25, 0.3) is 0 Å². The summed E-state index contributed by atoms with van der Waals surface area (Å²) in [4.78, 5) is 8.29. The van der Waals surface area contributed by atoms with Crippen molar-refractivity contribution >= 4 is 5.95 Å². The lowest BCUT2D eigenvalue weighted by Crippen LogP contribution is -2.13. The molecule has 0 unspecified atom stereocenters. The summed E-state index contributed by atoms with van der Waals surface area (Å²) in [5.74, 6) is 1.25. The standard InChI is InChI=1S/C10H15N3O/c1-10(4-5-10)7-12-9-11-6-3-8(13-9)14-2/h3,6H,4-5,7H2,1-2H3,(H,11,12,13). The molecular formula is C10H15N3O. The van der Waals surface area contributed by atoms with E-state index in [1.165, 1.54) is 12.8 Å². The van der Waals surface area contributed by atoms with Gasteiger partial charge < -0.3 is 10.1 Å². The molecule has 1 N–H and O–H groups in total. The predicted molar refractivity (Wildman–Crippen MR) is 54.4 cm³/mol. The van der Waals surface area contributed by atoms with Gasteiger partial charge in [-0.05, 0) is 18.3 Å². The molecule has 1 aliphatic rings. The van der Waals surface area contributed by atoms with Crippen LogP contribution in [0.25, 0.3) is 0 Å². The first kappa shape index (κ1) is 9.24. The van der Waals surface area contributed by atoms with E-state index >= 15 is 0 Å². The van der Waals surface area contributed by atoms with Gasteiger partial charge >= 0.3 is 0 Å². The van der Waals surface area contributed by atoms with E-state index in [1.54, 1.807) is 19.4 Å². The van der Waals surface area contributed by atoms with Gasteiger partial charge in [0.2, 0.25) is 11.8 Å². The Bertz CT molecular complexity index is 323. The third kappa shape index (κ3) is 2.13. The lowest BCUT2D eigenvalue weighted by molar-refractivity contribution is 0.397. The maximum atomic E-state index is 5.01. The van der Waals surface area contributed by atoms with Gasteiger partial charge in [0.05, 0.1) is 7.11 Å². The Morgan fingerprint density at radius 1 is 1.57 bits per heavy atom. The fraction of sp³-hybridized carbons (Fsp3) is 0.600. The van der Waals surface area contributed by atoms with Crippen LogP contribution in [0.5, 0.6) is 5.88 Å². The van der Waals surface area contributed by atoms with Crippen LogP contribution in [-0.2, 0) is 0 Å². The van der Waals surface area contributed by atoms with Crippen LogP contribution in [0.3, 0.4) is 0 Å². The Labute approximate surface area is 83.7 Å². The van der Waals surface area contributed by atoms with Gasteiger partial charge in [-0.3, -0.25) is 0 Å². The zero-order valence-electron chi connectivity index (χ0n) is 8.58. The molecule has 4 nitrogen and oxygen atoms in total. The summed E-state index contributed by atoms with van der Waals surface area (Å²) in [6.07, 6.45) is 4.29. The summed E-state index contributed by atoms with van der Waals surface area (Å²) in [7, 11) is 1.61. The number of nitrogens with zero attached hydrogens (tertiary/aromatic N) is 2. The number of hydrogen-bond acceptors (Lipinski definition) is 4. The summed E-state index contributed by atoms with van der Waals surface area (Å²) in [5.41, 5.74) is 0.465. The van der Waals surface area contributed by atoms with Crippen molar-refractivity contribution in [1.29, 1.82) is 0 Å². The summed E-state index contributed by atoms with van der Waals surface area (Å²) >= 11 is 0. The predicted octanol–water partition coefficient (Wildman–Crippen LogP) is 1.70. The van der Waals surface area contributed by atoms with E-state index in [0.29, 0.717) is 17.2 Å². The Kier molecular flexibility index (Phi) is 2.27. The molecule has 14 heavy (non-hydrogen) atoms. The van der Waals surface area contributed by atoms with Crippen LogP contribution in [0, 0.1) is 5.41 Å². The summed E-state index contributed by atoms with van der Waals surface area (Å²) in [6, 6.07) is 1.74. The zero-order valence-corrected chi connectivity index (χ0v) is 8.58. The van der Waals surface area contributed by atoms with Crippen LogP contribution in [0.1, 0.15) is 19.8 Å².